The first kappa shape index (κ1) is 33.6. The van der Waals surface area contributed by atoms with Crippen molar-refractivity contribution >= 4 is 14.3 Å². The second kappa shape index (κ2) is 24.3. The van der Waals surface area contributed by atoms with Gasteiger partial charge in [-0.15, -0.1) is 0 Å². The zero-order valence-corrected chi connectivity index (χ0v) is 25.1. The fourth-order valence-electron chi connectivity index (χ4n) is 4.57. The predicted octanol–water partition coefficient (Wildman–Crippen LogP) is 10.4. The van der Waals surface area contributed by atoms with Crippen molar-refractivity contribution in [3.63, 3.8) is 0 Å². The predicted molar refractivity (Wildman–Crippen MR) is 152 cm³/mol. The van der Waals surface area contributed by atoms with E-state index in [2.05, 4.69) is 33.9 Å². The summed E-state index contributed by atoms with van der Waals surface area (Å²) in [6, 6.07) is 1.37. The Labute approximate surface area is 215 Å². The lowest BCUT2D eigenvalue weighted by Crippen LogP contribution is -2.33. The van der Waals surface area contributed by atoms with Crippen molar-refractivity contribution in [3.8, 4) is 0 Å². The summed E-state index contributed by atoms with van der Waals surface area (Å²) in [5.41, 5.74) is 0. The topological polar surface area (TPSA) is 35.5 Å². The summed E-state index contributed by atoms with van der Waals surface area (Å²) in [4.78, 5) is 11.9. The second-order valence-corrected chi connectivity index (χ2v) is 15.4. The monoisotopic (exact) mass is 498 g/mol. The van der Waals surface area contributed by atoms with E-state index in [1.807, 2.05) is 0 Å². The summed E-state index contributed by atoms with van der Waals surface area (Å²) in [6.45, 7) is 12.2. The standard InChI is InChI=1S/C24H48O2.C6H14OSi/c1-4-7-9-10-11-12-13-14-15-16-17-18-20-22-24(25)26-23(6-3)21-19-8-5-2;1-8(2)6-4-3-5-7-8/h23H,4-22H2,1-3H3;3-6H2,1-2H3. The number of unbranched alkanes of at least 4 members (excludes halogenated alkanes) is 14. The van der Waals surface area contributed by atoms with Crippen LogP contribution in [0, 0.1) is 0 Å². The molecular weight excluding hydrogens is 436 g/mol. The lowest BCUT2D eigenvalue weighted by Gasteiger charge is -2.27. The maximum atomic E-state index is 11.9. The molecule has 0 aliphatic carbocycles. The van der Waals surface area contributed by atoms with Crippen LogP contribution in [0.5, 0.6) is 0 Å². The summed E-state index contributed by atoms with van der Waals surface area (Å²) in [7, 11) is -1.09. The van der Waals surface area contributed by atoms with Crippen LogP contribution in [-0.4, -0.2) is 27.0 Å². The zero-order valence-electron chi connectivity index (χ0n) is 24.1. The number of rotatable bonds is 20. The number of carbonyl (C=O) groups excluding carboxylic acids is 1. The molecule has 4 heteroatoms. The highest BCUT2D eigenvalue weighted by Gasteiger charge is 2.24. The van der Waals surface area contributed by atoms with Crippen molar-refractivity contribution in [2.45, 2.75) is 181 Å². The molecule has 1 fully saturated rings. The van der Waals surface area contributed by atoms with Crippen LogP contribution in [0.15, 0.2) is 0 Å². The first-order valence-corrected chi connectivity index (χ1v) is 18.4. The third-order valence-corrected chi connectivity index (χ3v) is 9.58. The van der Waals surface area contributed by atoms with Gasteiger partial charge in [0.15, 0.2) is 8.32 Å². The fourth-order valence-corrected chi connectivity index (χ4v) is 6.52. The Balaban J connectivity index is 0.00000113. The third kappa shape index (κ3) is 23.4. The van der Waals surface area contributed by atoms with E-state index in [4.69, 9.17) is 9.16 Å². The highest BCUT2D eigenvalue weighted by Crippen LogP contribution is 2.20. The van der Waals surface area contributed by atoms with Gasteiger partial charge >= 0.3 is 5.97 Å². The molecule has 1 saturated heterocycles. The summed E-state index contributed by atoms with van der Waals surface area (Å²) in [6.07, 6.45) is 26.5. The number of esters is 1. The van der Waals surface area contributed by atoms with Crippen molar-refractivity contribution in [1.82, 2.24) is 0 Å². The van der Waals surface area contributed by atoms with Crippen LogP contribution < -0.4 is 0 Å². The van der Waals surface area contributed by atoms with Crippen LogP contribution in [0.25, 0.3) is 0 Å². The van der Waals surface area contributed by atoms with Gasteiger partial charge in [-0.2, -0.15) is 0 Å². The van der Waals surface area contributed by atoms with Gasteiger partial charge in [-0.3, -0.25) is 4.79 Å². The molecule has 0 aromatic carbocycles. The van der Waals surface area contributed by atoms with Crippen LogP contribution in [0.2, 0.25) is 19.1 Å². The zero-order chi connectivity index (χ0) is 25.3. The van der Waals surface area contributed by atoms with Crippen molar-refractivity contribution in [1.29, 1.82) is 0 Å². The van der Waals surface area contributed by atoms with Gasteiger partial charge in [0.1, 0.15) is 6.10 Å². The minimum absolute atomic E-state index is 0.0245. The summed E-state index contributed by atoms with van der Waals surface area (Å²) in [5, 5.41) is 0. The summed E-state index contributed by atoms with van der Waals surface area (Å²) >= 11 is 0. The van der Waals surface area contributed by atoms with Gasteiger partial charge in [0.05, 0.1) is 0 Å². The lowest BCUT2D eigenvalue weighted by atomic mass is 10.0. The molecule has 0 amide bonds. The Kier molecular flexibility index (Phi) is 24.1. The van der Waals surface area contributed by atoms with Crippen molar-refractivity contribution in [2.24, 2.45) is 0 Å². The average Bonchev–Trinajstić information content (AvgIpc) is 2.81. The van der Waals surface area contributed by atoms with Gasteiger partial charge in [0.2, 0.25) is 0 Å². The Morgan fingerprint density at radius 2 is 1.24 bits per heavy atom. The molecule has 1 rings (SSSR count). The highest BCUT2D eigenvalue weighted by atomic mass is 28.4. The molecular formula is C30H62O3Si. The summed E-state index contributed by atoms with van der Waals surface area (Å²) in [5.74, 6) is 0.0245. The maximum Gasteiger partial charge on any atom is 0.306 e. The first-order valence-electron chi connectivity index (χ1n) is 15.3. The molecule has 0 bridgehead atoms. The molecule has 1 heterocycles. The van der Waals surface area contributed by atoms with Gasteiger partial charge in [-0.05, 0) is 51.2 Å². The number of ether oxygens (including phenoxy) is 1. The molecule has 0 aromatic heterocycles. The van der Waals surface area contributed by atoms with E-state index in [1.54, 1.807) is 0 Å². The molecule has 0 spiro atoms. The van der Waals surface area contributed by atoms with Crippen LogP contribution in [0.1, 0.15) is 156 Å². The smallest absolute Gasteiger partial charge is 0.306 e. The molecule has 0 aromatic rings. The molecule has 204 valence electrons. The number of hydrogen-bond donors (Lipinski definition) is 0. The van der Waals surface area contributed by atoms with Crippen molar-refractivity contribution in [3.05, 3.63) is 0 Å². The number of hydrogen-bond acceptors (Lipinski definition) is 3. The molecule has 3 nitrogen and oxygen atoms in total. The molecule has 1 unspecified atom stereocenters. The molecule has 1 atom stereocenters. The Hall–Kier alpha value is -0.353. The van der Waals surface area contributed by atoms with E-state index >= 15 is 0 Å². The molecule has 34 heavy (non-hydrogen) atoms. The van der Waals surface area contributed by atoms with E-state index in [-0.39, 0.29) is 12.1 Å². The minimum Gasteiger partial charge on any atom is -0.462 e. The normalized spacial score (nSPS) is 15.9. The SMILES string of the molecule is CCCCCCCCCCCCCCCC(=O)OC(CC)CCCCC.C[Si]1(C)CCCCO1. The van der Waals surface area contributed by atoms with Crippen LogP contribution in [0.4, 0.5) is 0 Å². The first-order chi connectivity index (χ1) is 16.4. The Morgan fingerprint density at radius 3 is 1.65 bits per heavy atom. The highest BCUT2D eigenvalue weighted by molar-refractivity contribution is 6.71. The Morgan fingerprint density at radius 1 is 0.735 bits per heavy atom. The number of carbonyl (C=O) groups is 1. The van der Waals surface area contributed by atoms with E-state index in [9.17, 15) is 4.79 Å². The Bertz CT molecular complexity index is 431. The third-order valence-electron chi connectivity index (χ3n) is 7.03. The minimum atomic E-state index is -1.09. The molecule has 1 aliphatic rings. The van der Waals surface area contributed by atoms with E-state index in [1.165, 1.54) is 115 Å². The largest absolute Gasteiger partial charge is 0.462 e. The van der Waals surface area contributed by atoms with Gasteiger partial charge in [0.25, 0.3) is 0 Å². The molecule has 0 N–H and O–H groups in total. The maximum absolute atomic E-state index is 11.9. The van der Waals surface area contributed by atoms with Crippen molar-refractivity contribution in [2.75, 3.05) is 6.61 Å². The van der Waals surface area contributed by atoms with Gasteiger partial charge in [-0.25, -0.2) is 0 Å². The van der Waals surface area contributed by atoms with Crippen LogP contribution >= 0.6 is 0 Å². The van der Waals surface area contributed by atoms with Crippen molar-refractivity contribution < 1.29 is 14.0 Å². The van der Waals surface area contributed by atoms with E-state index < -0.39 is 8.32 Å². The van der Waals surface area contributed by atoms with Gasteiger partial charge < -0.3 is 9.16 Å². The van der Waals surface area contributed by atoms with E-state index in [0.29, 0.717) is 6.42 Å². The van der Waals surface area contributed by atoms with Crippen LogP contribution in [-0.2, 0) is 14.0 Å². The van der Waals surface area contributed by atoms with Gasteiger partial charge in [-0.1, -0.05) is 117 Å². The summed E-state index contributed by atoms with van der Waals surface area (Å²) < 4.78 is 11.2. The molecule has 0 radical (unpaired) electrons. The quantitative estimate of drug-likeness (QED) is 0.0951. The fraction of sp³-hybridized carbons (Fsp3) is 0.967. The lowest BCUT2D eigenvalue weighted by molar-refractivity contribution is -0.149. The average molecular weight is 499 g/mol. The molecule has 0 saturated carbocycles. The second-order valence-electron chi connectivity index (χ2n) is 11.1. The van der Waals surface area contributed by atoms with Gasteiger partial charge in [0, 0.05) is 13.0 Å². The molecule has 1 aliphatic heterocycles. The van der Waals surface area contributed by atoms with E-state index in [0.717, 1.165) is 25.9 Å². The van der Waals surface area contributed by atoms with Crippen LogP contribution in [0.3, 0.4) is 0 Å².